The molecule has 32 heavy (non-hydrogen) atoms. The third kappa shape index (κ3) is 4.09. The van der Waals surface area contributed by atoms with Crippen molar-refractivity contribution in [2.24, 2.45) is 4.99 Å². The van der Waals surface area contributed by atoms with Crippen LogP contribution in [0.4, 0.5) is 22.0 Å². The second-order valence-electron chi connectivity index (χ2n) is 8.83. The lowest BCUT2D eigenvalue weighted by molar-refractivity contribution is 0.187. The van der Waals surface area contributed by atoms with Crippen molar-refractivity contribution in [2.45, 2.75) is 50.1 Å². The first-order valence-corrected chi connectivity index (χ1v) is 11.4. The Morgan fingerprint density at radius 2 is 2.12 bits per heavy atom. The molecule has 3 heterocycles. The molecule has 168 valence electrons. The number of carbonyl (C=O) groups excluding carboxylic acids is 1. The number of likely N-dealkylation sites (tertiary alicyclic amines) is 1. The van der Waals surface area contributed by atoms with Crippen LogP contribution >= 0.6 is 0 Å². The van der Waals surface area contributed by atoms with Crippen molar-refractivity contribution < 1.29 is 9.53 Å². The van der Waals surface area contributed by atoms with Crippen LogP contribution in [0.5, 0.6) is 5.75 Å². The molecule has 0 unspecified atom stereocenters. The number of aromatic nitrogens is 1. The summed E-state index contributed by atoms with van der Waals surface area (Å²) in [6, 6.07) is 11.6. The highest BCUT2D eigenvalue weighted by atomic mass is 16.5. The highest BCUT2D eigenvalue weighted by Crippen LogP contribution is 2.36. The molecule has 1 aromatic carbocycles. The molecule has 8 heteroatoms. The molecule has 0 radical (unpaired) electrons. The van der Waals surface area contributed by atoms with Gasteiger partial charge in [0.1, 0.15) is 17.1 Å². The monoisotopic (exact) mass is 434 g/mol. The van der Waals surface area contributed by atoms with E-state index in [4.69, 9.17) is 9.73 Å². The first-order valence-electron chi connectivity index (χ1n) is 11.4. The zero-order valence-corrected chi connectivity index (χ0v) is 18.4. The van der Waals surface area contributed by atoms with Gasteiger partial charge in [0, 0.05) is 24.5 Å². The van der Waals surface area contributed by atoms with Crippen molar-refractivity contribution >= 4 is 29.1 Å². The third-order valence-corrected chi connectivity index (χ3v) is 6.61. The van der Waals surface area contributed by atoms with Crippen LogP contribution in [-0.2, 0) is 0 Å². The average Bonchev–Trinajstić information content (AvgIpc) is 3.33. The number of urea groups is 1. The lowest BCUT2D eigenvalue weighted by Gasteiger charge is -2.47. The summed E-state index contributed by atoms with van der Waals surface area (Å²) in [4.78, 5) is 24.7. The molecule has 1 atom stereocenters. The Morgan fingerprint density at radius 1 is 1.25 bits per heavy atom. The van der Waals surface area contributed by atoms with Gasteiger partial charge in [0.25, 0.3) is 0 Å². The number of amides is 2. The average molecular weight is 435 g/mol. The molecule has 0 bridgehead atoms. The minimum atomic E-state index is -0.442. The number of benzene rings is 1. The molecule has 1 saturated heterocycles. The van der Waals surface area contributed by atoms with Gasteiger partial charge in [-0.1, -0.05) is 18.9 Å². The number of methoxy groups -OCH3 is 1. The number of ether oxygens (including phenoxy) is 1. The number of fused-ring (bicyclic) bond motifs is 1. The lowest BCUT2D eigenvalue weighted by atomic mass is 9.85. The molecule has 5 rings (SSSR count). The molecule has 1 aromatic heterocycles. The first kappa shape index (κ1) is 20.6. The highest BCUT2D eigenvalue weighted by Gasteiger charge is 2.45. The van der Waals surface area contributed by atoms with E-state index in [1.807, 2.05) is 41.3 Å². The fourth-order valence-corrected chi connectivity index (χ4v) is 4.95. The van der Waals surface area contributed by atoms with Crippen LogP contribution in [0.2, 0.25) is 0 Å². The van der Waals surface area contributed by atoms with E-state index in [-0.39, 0.29) is 6.03 Å². The van der Waals surface area contributed by atoms with E-state index in [9.17, 15) is 4.79 Å². The van der Waals surface area contributed by atoms with Gasteiger partial charge in [-0.3, -0.25) is 4.99 Å². The van der Waals surface area contributed by atoms with Gasteiger partial charge in [0.05, 0.1) is 25.4 Å². The molecular formula is C24H30N6O2. The van der Waals surface area contributed by atoms with Gasteiger partial charge >= 0.3 is 6.03 Å². The number of hydrogen-bond donors (Lipinski definition) is 3. The van der Waals surface area contributed by atoms with E-state index in [0.717, 1.165) is 48.7 Å². The second kappa shape index (κ2) is 8.68. The van der Waals surface area contributed by atoms with Gasteiger partial charge in [0.15, 0.2) is 5.82 Å². The minimum Gasteiger partial charge on any atom is -0.497 e. The van der Waals surface area contributed by atoms with Gasteiger partial charge in [-0.15, -0.1) is 0 Å². The summed E-state index contributed by atoms with van der Waals surface area (Å²) >= 11 is 0. The van der Waals surface area contributed by atoms with Crippen LogP contribution in [0, 0.1) is 0 Å². The number of nitrogens with zero attached hydrogens (tertiary/aromatic N) is 3. The van der Waals surface area contributed by atoms with Crippen LogP contribution < -0.4 is 20.7 Å². The molecule has 2 aromatic rings. The van der Waals surface area contributed by atoms with E-state index >= 15 is 0 Å². The largest absolute Gasteiger partial charge is 0.497 e. The fraction of sp³-hybridized carbons (Fsp3) is 0.458. The van der Waals surface area contributed by atoms with Crippen molar-refractivity contribution in [2.75, 3.05) is 36.1 Å². The van der Waals surface area contributed by atoms with Gasteiger partial charge in [0.2, 0.25) is 0 Å². The minimum absolute atomic E-state index is 0.115. The number of piperidine rings is 1. The summed E-state index contributed by atoms with van der Waals surface area (Å²) in [5.74, 6) is 2.42. The summed E-state index contributed by atoms with van der Waals surface area (Å²) in [6.45, 7) is 1.24. The van der Waals surface area contributed by atoms with E-state index in [2.05, 4.69) is 20.9 Å². The number of rotatable bonds is 3. The summed E-state index contributed by atoms with van der Waals surface area (Å²) in [5, 5.41) is 10.2. The van der Waals surface area contributed by atoms with Crippen LogP contribution in [0.3, 0.4) is 0 Å². The Labute approximate surface area is 188 Å². The number of pyridine rings is 1. The number of carbonyl (C=O) groups is 1. The number of nitrogens with one attached hydrogen (secondary N) is 3. The molecule has 1 saturated carbocycles. The Kier molecular flexibility index (Phi) is 5.59. The topological polar surface area (TPSA) is 90.9 Å². The Bertz CT molecular complexity index is 1020. The Morgan fingerprint density at radius 3 is 2.97 bits per heavy atom. The summed E-state index contributed by atoms with van der Waals surface area (Å²) < 4.78 is 5.28. The molecule has 2 amide bonds. The van der Waals surface area contributed by atoms with Crippen molar-refractivity contribution in [3.05, 3.63) is 42.6 Å². The lowest BCUT2D eigenvalue weighted by Crippen LogP contribution is -2.63. The number of amidine groups is 1. The van der Waals surface area contributed by atoms with Crippen molar-refractivity contribution in [3.63, 3.8) is 0 Å². The molecule has 3 N–H and O–H groups in total. The van der Waals surface area contributed by atoms with Gasteiger partial charge in [-0.25, -0.2) is 9.78 Å². The maximum Gasteiger partial charge on any atom is 0.321 e. The quantitative estimate of drug-likeness (QED) is 0.669. The fourth-order valence-electron chi connectivity index (χ4n) is 4.95. The van der Waals surface area contributed by atoms with Crippen LogP contribution in [0.15, 0.2) is 47.6 Å². The predicted molar refractivity (Wildman–Crippen MR) is 127 cm³/mol. The molecule has 3 aliphatic rings. The van der Waals surface area contributed by atoms with Crippen LogP contribution in [0.25, 0.3) is 0 Å². The summed E-state index contributed by atoms with van der Waals surface area (Å²) in [7, 11) is 1.62. The van der Waals surface area contributed by atoms with Crippen LogP contribution in [-0.4, -0.2) is 53.5 Å². The van der Waals surface area contributed by atoms with Crippen molar-refractivity contribution in [1.29, 1.82) is 0 Å². The number of hydrogen-bond acceptors (Lipinski definition) is 5. The summed E-state index contributed by atoms with van der Waals surface area (Å²) in [5.41, 5.74) is 1.23. The van der Waals surface area contributed by atoms with E-state index in [1.165, 1.54) is 12.8 Å². The molecule has 1 aliphatic carbocycles. The standard InChI is InChI=1S/C24H30N6O2/c1-32-19-10-4-9-18(15-19)27-23(31)30-14-6-12-24(16-30)22(26-17-7-2-3-8-17)28-21-20(29-24)11-5-13-25-21/h4-5,9-11,13,15,17,29H,2-3,6-8,12,14,16H2,1H3,(H,27,31)(H,25,26,28)/t24-/m0/s1. The SMILES string of the molecule is COc1cccc(NC(=O)N2CCC[C@@]3(C2)Nc2cccnc2NC3=NC2CCCC2)c1. The predicted octanol–water partition coefficient (Wildman–Crippen LogP) is 4.34. The molecule has 8 nitrogen and oxygen atoms in total. The van der Waals surface area contributed by atoms with E-state index < -0.39 is 5.54 Å². The molecule has 2 aliphatic heterocycles. The van der Waals surface area contributed by atoms with Crippen molar-refractivity contribution in [3.8, 4) is 5.75 Å². The maximum absolute atomic E-state index is 13.2. The molecule has 1 spiro atoms. The Balaban J connectivity index is 1.40. The smallest absolute Gasteiger partial charge is 0.321 e. The van der Waals surface area contributed by atoms with Crippen molar-refractivity contribution in [1.82, 2.24) is 9.88 Å². The summed E-state index contributed by atoms with van der Waals surface area (Å²) in [6.07, 6.45) is 8.28. The van der Waals surface area contributed by atoms with Gasteiger partial charge < -0.3 is 25.6 Å². The van der Waals surface area contributed by atoms with Gasteiger partial charge in [-0.2, -0.15) is 0 Å². The van der Waals surface area contributed by atoms with Gasteiger partial charge in [-0.05, 0) is 49.9 Å². The Hall–Kier alpha value is -3.29. The second-order valence-corrected chi connectivity index (χ2v) is 8.83. The number of aliphatic imine (C=N–C) groups is 1. The number of anilines is 3. The van der Waals surface area contributed by atoms with E-state index in [1.54, 1.807) is 13.3 Å². The molecule has 2 fully saturated rings. The van der Waals surface area contributed by atoms with Crippen LogP contribution in [0.1, 0.15) is 38.5 Å². The molecular weight excluding hydrogens is 404 g/mol. The normalized spacial score (nSPS) is 24.0. The zero-order valence-electron chi connectivity index (χ0n) is 18.4. The maximum atomic E-state index is 13.2. The first-order chi connectivity index (χ1) is 15.6. The van der Waals surface area contributed by atoms with E-state index in [0.29, 0.717) is 24.9 Å². The zero-order chi connectivity index (χ0) is 22.0. The highest BCUT2D eigenvalue weighted by molar-refractivity contribution is 6.09. The third-order valence-electron chi connectivity index (χ3n) is 6.61.